The number of hydrogen-bond donors (Lipinski definition) is 2. The highest BCUT2D eigenvalue weighted by atomic mass is 19.2. The molecule has 0 aromatic heterocycles. The van der Waals surface area contributed by atoms with Gasteiger partial charge in [-0.15, -0.1) is 0 Å². The van der Waals surface area contributed by atoms with Crippen LogP contribution >= 0.6 is 0 Å². The summed E-state index contributed by atoms with van der Waals surface area (Å²) in [6.45, 7) is 2.87. The number of halogens is 4. The molecule has 0 saturated carbocycles. The lowest BCUT2D eigenvalue weighted by Gasteiger charge is -2.23. The van der Waals surface area contributed by atoms with Crippen LogP contribution in [0.25, 0.3) is 0 Å². The molecule has 0 bridgehead atoms. The Morgan fingerprint density at radius 3 is 2.05 bits per heavy atom. The van der Waals surface area contributed by atoms with Gasteiger partial charge in [-0.1, -0.05) is 13.8 Å². The Hall–Kier alpha value is -1.63. The first-order valence-electron chi connectivity index (χ1n) is 5.98. The first-order valence-corrected chi connectivity index (χ1v) is 5.98. The Labute approximate surface area is 113 Å². The van der Waals surface area contributed by atoms with Crippen LogP contribution in [-0.4, -0.2) is 17.1 Å². The molecule has 0 aliphatic heterocycles. The summed E-state index contributed by atoms with van der Waals surface area (Å²) in [5, 5.41) is 8.69. The number of carbonyl (C=O) groups is 1. The molecule has 0 fully saturated rings. The number of nitrogens with two attached hydrogens (primary N) is 1. The molecule has 0 heterocycles. The Bertz CT molecular complexity index is 495. The molecule has 0 saturated heterocycles. The molecule has 112 valence electrons. The van der Waals surface area contributed by atoms with Crippen LogP contribution < -0.4 is 5.73 Å². The van der Waals surface area contributed by atoms with E-state index in [1.165, 1.54) is 13.8 Å². The van der Waals surface area contributed by atoms with Crippen LogP contribution in [0.3, 0.4) is 0 Å². The molecule has 3 unspecified atom stereocenters. The van der Waals surface area contributed by atoms with Crippen molar-refractivity contribution in [3.63, 3.8) is 0 Å². The van der Waals surface area contributed by atoms with Crippen LogP contribution in [0, 0.1) is 29.2 Å². The van der Waals surface area contributed by atoms with Crippen molar-refractivity contribution in [1.82, 2.24) is 0 Å². The Balaban J connectivity index is 3.09. The van der Waals surface area contributed by atoms with E-state index in [0.717, 1.165) is 0 Å². The van der Waals surface area contributed by atoms with Gasteiger partial charge in [0.2, 0.25) is 0 Å². The zero-order valence-corrected chi connectivity index (χ0v) is 11.0. The lowest BCUT2D eigenvalue weighted by atomic mass is 9.84. The van der Waals surface area contributed by atoms with Crippen molar-refractivity contribution in [3.8, 4) is 0 Å². The molecule has 0 aliphatic rings. The highest BCUT2D eigenvalue weighted by Crippen LogP contribution is 2.33. The third-order valence-corrected chi connectivity index (χ3v) is 3.40. The minimum atomic E-state index is -1.49. The zero-order chi connectivity index (χ0) is 15.6. The zero-order valence-electron chi connectivity index (χ0n) is 11.0. The fourth-order valence-electron chi connectivity index (χ4n) is 1.98. The fourth-order valence-corrected chi connectivity index (χ4v) is 1.98. The molecule has 7 heteroatoms. The average molecular weight is 293 g/mol. The van der Waals surface area contributed by atoms with Crippen molar-refractivity contribution < 1.29 is 27.5 Å². The summed E-state index contributed by atoms with van der Waals surface area (Å²) < 4.78 is 53.5. The summed E-state index contributed by atoms with van der Waals surface area (Å²) in [5.41, 5.74) is 4.60. The molecular weight excluding hydrogens is 278 g/mol. The summed E-state index contributed by atoms with van der Waals surface area (Å²) >= 11 is 0. The minimum Gasteiger partial charge on any atom is -0.480 e. The standard InChI is InChI=1S/C13H15F4NO2/c1-5(3-9(18)13(19)20)6(2)10-11(16)7(14)4-8(15)12(10)17/h4-6,9H,3,18H2,1-2H3,(H,19,20). The van der Waals surface area contributed by atoms with Gasteiger partial charge in [-0.3, -0.25) is 4.79 Å². The largest absolute Gasteiger partial charge is 0.480 e. The number of benzene rings is 1. The highest BCUT2D eigenvalue weighted by molar-refractivity contribution is 5.73. The fraction of sp³-hybridized carbons (Fsp3) is 0.462. The van der Waals surface area contributed by atoms with Gasteiger partial charge in [-0.05, 0) is 18.3 Å². The molecule has 1 aromatic rings. The molecule has 1 rings (SSSR count). The van der Waals surface area contributed by atoms with Crippen LogP contribution in [0.5, 0.6) is 0 Å². The molecule has 3 N–H and O–H groups in total. The summed E-state index contributed by atoms with van der Waals surface area (Å²) in [6, 6.07) is -1.08. The van der Waals surface area contributed by atoms with Gasteiger partial charge in [0.1, 0.15) is 6.04 Å². The van der Waals surface area contributed by atoms with Crippen molar-refractivity contribution in [3.05, 3.63) is 34.9 Å². The molecule has 0 radical (unpaired) electrons. The van der Waals surface area contributed by atoms with E-state index in [1.807, 2.05) is 0 Å². The van der Waals surface area contributed by atoms with E-state index in [0.29, 0.717) is 0 Å². The summed E-state index contributed by atoms with van der Waals surface area (Å²) in [5.74, 6) is -8.66. The SMILES string of the molecule is CC(CC(N)C(=O)O)C(C)c1c(F)c(F)cc(F)c1F. The smallest absolute Gasteiger partial charge is 0.320 e. The van der Waals surface area contributed by atoms with Gasteiger partial charge in [0.15, 0.2) is 23.3 Å². The van der Waals surface area contributed by atoms with Crippen LogP contribution in [-0.2, 0) is 4.79 Å². The summed E-state index contributed by atoms with van der Waals surface area (Å²) in [4.78, 5) is 10.6. The monoisotopic (exact) mass is 293 g/mol. The normalized spacial score (nSPS) is 15.8. The number of hydrogen-bond acceptors (Lipinski definition) is 2. The van der Waals surface area contributed by atoms with E-state index >= 15 is 0 Å². The molecule has 0 spiro atoms. The van der Waals surface area contributed by atoms with Crippen molar-refractivity contribution in [2.75, 3.05) is 0 Å². The lowest BCUT2D eigenvalue weighted by Crippen LogP contribution is -2.33. The predicted octanol–water partition coefficient (Wildman–Crippen LogP) is 2.78. The Morgan fingerprint density at radius 1 is 1.20 bits per heavy atom. The first-order chi connectivity index (χ1) is 9.16. The van der Waals surface area contributed by atoms with Crippen LogP contribution in [0.1, 0.15) is 31.7 Å². The predicted molar refractivity (Wildman–Crippen MR) is 64.1 cm³/mol. The second kappa shape index (κ2) is 6.21. The molecular formula is C13H15F4NO2. The van der Waals surface area contributed by atoms with Crippen molar-refractivity contribution in [2.24, 2.45) is 11.7 Å². The van der Waals surface area contributed by atoms with Gasteiger partial charge in [0.05, 0.1) is 0 Å². The van der Waals surface area contributed by atoms with Crippen LogP contribution in [0.4, 0.5) is 17.6 Å². The molecule has 0 amide bonds. The van der Waals surface area contributed by atoms with E-state index < -0.39 is 52.7 Å². The van der Waals surface area contributed by atoms with Gasteiger partial charge in [-0.2, -0.15) is 0 Å². The van der Waals surface area contributed by atoms with Gasteiger partial charge >= 0.3 is 5.97 Å². The Morgan fingerprint density at radius 2 is 1.65 bits per heavy atom. The first kappa shape index (κ1) is 16.4. The molecule has 3 atom stereocenters. The molecule has 20 heavy (non-hydrogen) atoms. The number of carboxylic acid groups (broad SMARTS) is 1. The van der Waals surface area contributed by atoms with E-state index in [4.69, 9.17) is 10.8 Å². The quantitative estimate of drug-likeness (QED) is 0.648. The average Bonchev–Trinajstić information content (AvgIpc) is 2.36. The van der Waals surface area contributed by atoms with Gasteiger partial charge in [-0.25, -0.2) is 17.6 Å². The van der Waals surface area contributed by atoms with Crippen LogP contribution in [0.15, 0.2) is 6.07 Å². The summed E-state index contributed by atoms with van der Waals surface area (Å²) in [6.07, 6.45) is -0.0759. The highest BCUT2D eigenvalue weighted by Gasteiger charge is 2.28. The molecule has 0 aliphatic carbocycles. The van der Waals surface area contributed by atoms with Crippen molar-refractivity contribution in [1.29, 1.82) is 0 Å². The minimum absolute atomic E-state index is 0.0759. The molecule has 1 aromatic carbocycles. The third kappa shape index (κ3) is 3.27. The second-order valence-electron chi connectivity index (χ2n) is 4.83. The maximum Gasteiger partial charge on any atom is 0.320 e. The number of rotatable bonds is 5. The summed E-state index contributed by atoms with van der Waals surface area (Å²) in [7, 11) is 0. The van der Waals surface area contributed by atoms with Crippen LogP contribution in [0.2, 0.25) is 0 Å². The second-order valence-corrected chi connectivity index (χ2v) is 4.83. The topological polar surface area (TPSA) is 63.3 Å². The maximum absolute atomic E-state index is 13.6. The Kier molecular flexibility index (Phi) is 5.10. The lowest BCUT2D eigenvalue weighted by molar-refractivity contribution is -0.138. The number of carboxylic acids is 1. The van der Waals surface area contributed by atoms with E-state index in [1.54, 1.807) is 0 Å². The third-order valence-electron chi connectivity index (χ3n) is 3.40. The maximum atomic E-state index is 13.6. The van der Waals surface area contributed by atoms with Gasteiger partial charge in [0, 0.05) is 11.6 Å². The van der Waals surface area contributed by atoms with E-state index in [-0.39, 0.29) is 12.5 Å². The van der Waals surface area contributed by atoms with Gasteiger partial charge in [0.25, 0.3) is 0 Å². The van der Waals surface area contributed by atoms with Gasteiger partial charge < -0.3 is 10.8 Å². The van der Waals surface area contributed by atoms with E-state index in [9.17, 15) is 22.4 Å². The van der Waals surface area contributed by atoms with E-state index in [2.05, 4.69) is 0 Å². The van der Waals surface area contributed by atoms with Crippen molar-refractivity contribution >= 4 is 5.97 Å². The number of aliphatic carboxylic acids is 1. The van der Waals surface area contributed by atoms with Crippen molar-refractivity contribution in [2.45, 2.75) is 32.2 Å². The molecule has 3 nitrogen and oxygen atoms in total.